The van der Waals surface area contributed by atoms with E-state index in [1.165, 1.54) is 0 Å². The molecule has 2 aromatic carbocycles. The number of hydrogen-bond donors (Lipinski definition) is 2. The highest BCUT2D eigenvalue weighted by Crippen LogP contribution is 2.18. The first-order chi connectivity index (χ1) is 13.7. The van der Waals surface area contributed by atoms with Crippen LogP contribution in [-0.4, -0.2) is 29.1 Å². The molecule has 0 unspecified atom stereocenters. The molecule has 0 aliphatic carbocycles. The maximum atomic E-state index is 11.9. The number of rotatable bonds is 8. The van der Waals surface area contributed by atoms with Gasteiger partial charge < -0.3 is 20.3 Å². The van der Waals surface area contributed by atoms with Crippen LogP contribution >= 0.6 is 12.2 Å². The summed E-state index contributed by atoms with van der Waals surface area (Å²) < 4.78 is 5.47. The third kappa shape index (κ3) is 5.57. The van der Waals surface area contributed by atoms with Crippen LogP contribution in [0.15, 0.2) is 61.2 Å². The Morgan fingerprint density at radius 1 is 1.18 bits per heavy atom. The molecule has 0 atom stereocenters. The standard InChI is InChI=1S/C22H25N3O2S/c1-2-14-27-20-11-9-19(10-12-20)24-22(28)23-15-17-6-3-4-7-18(17)16-25-13-5-8-21(25)26/h2-4,6-7,9-12H,1,5,8,13-16H2,(H2,23,24,28). The van der Waals surface area contributed by atoms with Crippen LogP contribution in [0.25, 0.3) is 0 Å². The molecule has 1 heterocycles. The Kier molecular flexibility index (Phi) is 7.03. The predicted octanol–water partition coefficient (Wildman–Crippen LogP) is 3.86. The number of thiocarbonyl (C=S) groups is 1. The zero-order valence-corrected chi connectivity index (χ0v) is 16.6. The lowest BCUT2D eigenvalue weighted by atomic mass is 10.1. The number of nitrogens with one attached hydrogen (secondary N) is 2. The van der Waals surface area contributed by atoms with Crippen molar-refractivity contribution in [2.45, 2.75) is 25.9 Å². The van der Waals surface area contributed by atoms with Crippen LogP contribution < -0.4 is 15.4 Å². The van der Waals surface area contributed by atoms with Gasteiger partial charge in [-0.3, -0.25) is 4.79 Å². The summed E-state index contributed by atoms with van der Waals surface area (Å²) in [5, 5.41) is 6.97. The zero-order valence-electron chi connectivity index (χ0n) is 15.8. The topological polar surface area (TPSA) is 53.6 Å². The van der Waals surface area contributed by atoms with Gasteiger partial charge in [0.25, 0.3) is 0 Å². The minimum absolute atomic E-state index is 0.237. The second-order valence-corrected chi connectivity index (χ2v) is 7.03. The molecule has 146 valence electrons. The lowest BCUT2D eigenvalue weighted by Gasteiger charge is -2.19. The Balaban J connectivity index is 1.53. The molecule has 1 aliphatic heterocycles. The van der Waals surface area contributed by atoms with Gasteiger partial charge in [0.05, 0.1) is 0 Å². The maximum absolute atomic E-state index is 11.9. The molecule has 1 fully saturated rings. The Bertz CT molecular complexity index is 836. The van der Waals surface area contributed by atoms with E-state index < -0.39 is 0 Å². The Morgan fingerprint density at radius 2 is 1.93 bits per heavy atom. The zero-order chi connectivity index (χ0) is 19.8. The van der Waals surface area contributed by atoms with Crippen molar-refractivity contribution in [2.24, 2.45) is 0 Å². The molecular weight excluding hydrogens is 370 g/mol. The first-order valence-electron chi connectivity index (χ1n) is 9.39. The monoisotopic (exact) mass is 395 g/mol. The predicted molar refractivity (Wildman–Crippen MR) is 116 cm³/mol. The van der Waals surface area contributed by atoms with E-state index in [9.17, 15) is 4.79 Å². The van der Waals surface area contributed by atoms with Gasteiger partial charge >= 0.3 is 0 Å². The number of nitrogens with zero attached hydrogens (tertiary/aromatic N) is 1. The fourth-order valence-electron chi connectivity index (χ4n) is 3.10. The third-order valence-electron chi connectivity index (χ3n) is 4.57. The van der Waals surface area contributed by atoms with Crippen molar-refractivity contribution in [3.05, 3.63) is 72.3 Å². The Morgan fingerprint density at radius 3 is 2.61 bits per heavy atom. The molecular formula is C22H25N3O2S. The molecule has 28 heavy (non-hydrogen) atoms. The molecule has 2 aromatic rings. The quantitative estimate of drug-likeness (QED) is 0.525. The molecule has 5 nitrogen and oxygen atoms in total. The molecule has 0 saturated carbocycles. The third-order valence-corrected chi connectivity index (χ3v) is 4.82. The van der Waals surface area contributed by atoms with Crippen molar-refractivity contribution in [3.63, 3.8) is 0 Å². The summed E-state index contributed by atoms with van der Waals surface area (Å²) in [6, 6.07) is 15.8. The van der Waals surface area contributed by atoms with Crippen LogP contribution in [0.4, 0.5) is 5.69 Å². The normalized spacial score (nSPS) is 13.3. The Labute approximate surface area is 171 Å². The number of carbonyl (C=O) groups excluding carboxylic acids is 1. The van der Waals surface area contributed by atoms with Crippen LogP contribution in [0.2, 0.25) is 0 Å². The van der Waals surface area contributed by atoms with Crippen LogP contribution in [0, 0.1) is 0 Å². The second-order valence-electron chi connectivity index (χ2n) is 6.62. The van der Waals surface area contributed by atoms with E-state index in [1.807, 2.05) is 41.3 Å². The van der Waals surface area contributed by atoms with E-state index in [0.29, 0.717) is 31.2 Å². The first-order valence-corrected chi connectivity index (χ1v) is 9.79. The van der Waals surface area contributed by atoms with E-state index in [1.54, 1.807) is 6.08 Å². The van der Waals surface area contributed by atoms with Gasteiger partial charge in [-0.15, -0.1) is 0 Å². The molecule has 6 heteroatoms. The van der Waals surface area contributed by atoms with E-state index >= 15 is 0 Å². The lowest BCUT2D eigenvalue weighted by Crippen LogP contribution is -2.29. The fourth-order valence-corrected chi connectivity index (χ4v) is 3.29. The minimum Gasteiger partial charge on any atom is -0.490 e. The highest BCUT2D eigenvalue weighted by Gasteiger charge is 2.20. The molecule has 0 aromatic heterocycles. The van der Waals surface area contributed by atoms with Gasteiger partial charge in [-0.05, 0) is 54.0 Å². The maximum Gasteiger partial charge on any atom is 0.222 e. The highest BCUT2D eigenvalue weighted by molar-refractivity contribution is 7.80. The van der Waals surface area contributed by atoms with Crippen molar-refractivity contribution in [3.8, 4) is 5.75 Å². The summed E-state index contributed by atoms with van der Waals surface area (Å²) in [5.74, 6) is 1.02. The molecule has 1 amide bonds. The largest absolute Gasteiger partial charge is 0.490 e. The van der Waals surface area contributed by atoms with Crippen molar-refractivity contribution < 1.29 is 9.53 Å². The number of carbonyl (C=O) groups is 1. The number of hydrogen-bond acceptors (Lipinski definition) is 3. The highest BCUT2D eigenvalue weighted by atomic mass is 32.1. The fraction of sp³-hybridized carbons (Fsp3) is 0.273. The average Bonchev–Trinajstić information content (AvgIpc) is 3.11. The van der Waals surface area contributed by atoms with Crippen molar-refractivity contribution >= 4 is 28.9 Å². The van der Waals surface area contributed by atoms with Crippen LogP contribution in [-0.2, 0) is 17.9 Å². The number of likely N-dealkylation sites (tertiary alicyclic amines) is 1. The van der Waals surface area contributed by atoms with Gasteiger partial charge in [0.15, 0.2) is 5.11 Å². The lowest BCUT2D eigenvalue weighted by molar-refractivity contribution is -0.128. The number of ether oxygens (including phenoxy) is 1. The van der Waals surface area contributed by atoms with Gasteiger partial charge in [0, 0.05) is 31.7 Å². The molecule has 0 spiro atoms. The summed E-state index contributed by atoms with van der Waals surface area (Å²) in [4.78, 5) is 13.8. The first kappa shape index (κ1) is 19.9. The van der Waals surface area contributed by atoms with Gasteiger partial charge in [0.1, 0.15) is 12.4 Å². The van der Waals surface area contributed by atoms with E-state index in [4.69, 9.17) is 17.0 Å². The average molecular weight is 396 g/mol. The number of benzene rings is 2. The van der Waals surface area contributed by atoms with Crippen LogP contribution in [0.3, 0.4) is 0 Å². The van der Waals surface area contributed by atoms with Crippen molar-refractivity contribution in [2.75, 3.05) is 18.5 Å². The van der Waals surface area contributed by atoms with Crippen LogP contribution in [0.1, 0.15) is 24.0 Å². The van der Waals surface area contributed by atoms with E-state index in [0.717, 1.165) is 35.5 Å². The smallest absolute Gasteiger partial charge is 0.222 e. The molecule has 0 bridgehead atoms. The minimum atomic E-state index is 0.237. The molecule has 3 rings (SSSR count). The van der Waals surface area contributed by atoms with E-state index in [-0.39, 0.29) is 5.91 Å². The van der Waals surface area contributed by atoms with Gasteiger partial charge in [-0.2, -0.15) is 0 Å². The summed E-state index contributed by atoms with van der Waals surface area (Å²) in [5.41, 5.74) is 3.18. The van der Waals surface area contributed by atoms with Gasteiger partial charge in [-0.25, -0.2) is 0 Å². The summed E-state index contributed by atoms with van der Waals surface area (Å²) in [7, 11) is 0. The van der Waals surface area contributed by atoms with Crippen LogP contribution in [0.5, 0.6) is 5.75 Å². The Hall–Kier alpha value is -2.86. The molecule has 2 N–H and O–H groups in total. The molecule has 0 radical (unpaired) electrons. The number of amides is 1. The molecule has 1 aliphatic rings. The summed E-state index contributed by atoms with van der Waals surface area (Å²) in [6.07, 6.45) is 3.32. The SMILES string of the molecule is C=CCOc1ccc(NC(=S)NCc2ccccc2CN2CCCC2=O)cc1. The molecule has 1 saturated heterocycles. The number of anilines is 1. The van der Waals surface area contributed by atoms with Gasteiger partial charge in [0.2, 0.25) is 5.91 Å². The summed E-state index contributed by atoms with van der Waals surface area (Å²) >= 11 is 5.41. The van der Waals surface area contributed by atoms with Crippen molar-refractivity contribution in [1.82, 2.24) is 10.2 Å². The van der Waals surface area contributed by atoms with E-state index in [2.05, 4.69) is 29.3 Å². The summed E-state index contributed by atoms with van der Waals surface area (Å²) in [6.45, 7) is 6.21. The van der Waals surface area contributed by atoms with Gasteiger partial charge in [-0.1, -0.05) is 36.9 Å². The van der Waals surface area contributed by atoms with Crippen molar-refractivity contribution in [1.29, 1.82) is 0 Å². The second kappa shape index (κ2) is 9.90.